The monoisotopic (exact) mass is 444 g/mol. The Morgan fingerprint density at radius 2 is 2.00 bits per heavy atom. The normalized spacial score (nSPS) is 13.9. The van der Waals surface area contributed by atoms with Crippen molar-refractivity contribution in [3.63, 3.8) is 0 Å². The summed E-state index contributed by atoms with van der Waals surface area (Å²) < 4.78 is 5.14. The molecule has 1 aliphatic rings. The molecular weight excluding hydrogens is 424 g/mol. The minimum Gasteiger partial charge on any atom is -0.462 e. The lowest BCUT2D eigenvalue weighted by molar-refractivity contribution is -0.385. The molecule has 0 atom stereocenters. The van der Waals surface area contributed by atoms with E-state index in [0.29, 0.717) is 46.0 Å². The summed E-state index contributed by atoms with van der Waals surface area (Å²) in [7, 11) is 0. The number of rotatable bonds is 6. The third kappa shape index (κ3) is 4.77. The van der Waals surface area contributed by atoms with Gasteiger partial charge in [-0.1, -0.05) is 12.1 Å². The number of para-hydroxylation sites is 1. The average molecular weight is 444 g/mol. The highest BCUT2D eigenvalue weighted by molar-refractivity contribution is 7.19. The molecule has 0 radical (unpaired) electrons. The second-order valence-corrected chi connectivity index (χ2v) is 7.66. The van der Waals surface area contributed by atoms with Crippen molar-refractivity contribution >= 4 is 45.5 Å². The van der Waals surface area contributed by atoms with Gasteiger partial charge in [-0.15, -0.1) is 11.3 Å². The van der Waals surface area contributed by atoms with Gasteiger partial charge in [-0.3, -0.25) is 19.7 Å². The Morgan fingerprint density at radius 3 is 2.68 bits per heavy atom. The standard InChI is InChI=1S/C20H20N4O6S/c1-3-30-20(27)16-13-8-6-9-14(17(13)31-19(16)21-11(2)25)22-23-18(26)12-7-4-5-10-15(12)24(28)29/h4-5,7,10H,3,6,8-9H2,1-2H3,(H,21,25)(H,23,26)/b22-14-. The molecule has 1 aromatic carbocycles. The Hall–Kier alpha value is -3.60. The largest absolute Gasteiger partial charge is 0.462 e. The van der Waals surface area contributed by atoms with Crippen molar-refractivity contribution in [3.05, 3.63) is 55.9 Å². The number of carbonyl (C=O) groups excluding carboxylic acids is 3. The second kappa shape index (κ2) is 9.47. The number of nitrogens with one attached hydrogen (secondary N) is 2. The summed E-state index contributed by atoms with van der Waals surface area (Å²) in [6, 6.07) is 5.59. The van der Waals surface area contributed by atoms with Crippen LogP contribution in [0.2, 0.25) is 0 Å². The third-order valence-corrected chi connectivity index (χ3v) is 5.71. The molecule has 1 heterocycles. The van der Waals surface area contributed by atoms with Gasteiger partial charge in [0.15, 0.2) is 0 Å². The van der Waals surface area contributed by atoms with Crippen LogP contribution in [0.3, 0.4) is 0 Å². The maximum Gasteiger partial charge on any atom is 0.341 e. The van der Waals surface area contributed by atoms with Gasteiger partial charge in [0, 0.05) is 13.0 Å². The number of esters is 1. The molecule has 2 N–H and O–H groups in total. The van der Waals surface area contributed by atoms with E-state index in [2.05, 4.69) is 15.8 Å². The van der Waals surface area contributed by atoms with Gasteiger partial charge < -0.3 is 10.1 Å². The molecule has 0 fully saturated rings. The quantitative estimate of drug-likeness (QED) is 0.398. The smallest absolute Gasteiger partial charge is 0.341 e. The summed E-state index contributed by atoms with van der Waals surface area (Å²) in [5.41, 5.74) is 3.48. The van der Waals surface area contributed by atoms with Crippen LogP contribution in [-0.4, -0.2) is 35.0 Å². The number of fused-ring (bicyclic) bond motifs is 1. The number of nitro groups is 1. The fraction of sp³-hybridized carbons (Fsp3) is 0.300. The number of benzene rings is 1. The summed E-state index contributed by atoms with van der Waals surface area (Å²) in [5.74, 6) is -1.57. The van der Waals surface area contributed by atoms with Crippen LogP contribution in [0, 0.1) is 10.1 Å². The molecule has 2 amide bonds. The van der Waals surface area contributed by atoms with E-state index in [0.717, 1.165) is 0 Å². The third-order valence-electron chi connectivity index (χ3n) is 4.52. The first-order valence-corrected chi connectivity index (χ1v) is 10.4. The van der Waals surface area contributed by atoms with Gasteiger partial charge in [-0.25, -0.2) is 10.2 Å². The minimum atomic E-state index is -0.712. The van der Waals surface area contributed by atoms with E-state index in [4.69, 9.17) is 4.74 Å². The van der Waals surface area contributed by atoms with Crippen molar-refractivity contribution in [2.75, 3.05) is 11.9 Å². The van der Waals surface area contributed by atoms with Crippen LogP contribution in [-0.2, 0) is 16.0 Å². The molecule has 10 nitrogen and oxygen atoms in total. The number of carbonyl (C=O) groups is 3. The summed E-state index contributed by atoms with van der Waals surface area (Å²) in [5, 5.41) is 18.4. The lowest BCUT2D eigenvalue weighted by Gasteiger charge is -2.15. The van der Waals surface area contributed by atoms with Crippen LogP contribution in [0.5, 0.6) is 0 Å². The van der Waals surface area contributed by atoms with Crippen molar-refractivity contribution in [1.29, 1.82) is 0 Å². The van der Waals surface area contributed by atoms with Gasteiger partial charge in [0.25, 0.3) is 11.6 Å². The van der Waals surface area contributed by atoms with Crippen molar-refractivity contribution in [3.8, 4) is 0 Å². The predicted molar refractivity (Wildman–Crippen MR) is 115 cm³/mol. The zero-order valence-electron chi connectivity index (χ0n) is 16.9. The molecule has 0 saturated heterocycles. The molecule has 0 saturated carbocycles. The van der Waals surface area contributed by atoms with Crippen LogP contribution in [0.1, 0.15) is 57.8 Å². The Morgan fingerprint density at radius 1 is 1.26 bits per heavy atom. The zero-order valence-corrected chi connectivity index (χ0v) is 17.7. The fourth-order valence-corrected chi connectivity index (χ4v) is 4.56. The molecule has 2 aromatic rings. The minimum absolute atomic E-state index is 0.106. The van der Waals surface area contributed by atoms with Crippen molar-refractivity contribution in [2.24, 2.45) is 5.10 Å². The van der Waals surface area contributed by atoms with Gasteiger partial charge in [0.1, 0.15) is 10.6 Å². The Bertz CT molecular complexity index is 1090. The highest BCUT2D eigenvalue weighted by atomic mass is 32.1. The SMILES string of the molecule is CCOC(=O)c1c(NC(C)=O)sc2c1CCC/C2=N/NC(=O)c1ccccc1[N+](=O)[O-]. The van der Waals surface area contributed by atoms with E-state index in [1.807, 2.05) is 0 Å². The predicted octanol–water partition coefficient (Wildman–Crippen LogP) is 3.26. The van der Waals surface area contributed by atoms with Gasteiger partial charge in [-0.2, -0.15) is 5.10 Å². The summed E-state index contributed by atoms with van der Waals surface area (Å²) in [4.78, 5) is 47.8. The van der Waals surface area contributed by atoms with Crippen LogP contribution in [0.15, 0.2) is 29.4 Å². The number of anilines is 1. The number of hydrogen-bond donors (Lipinski definition) is 2. The first-order chi connectivity index (χ1) is 14.8. The summed E-state index contributed by atoms with van der Waals surface area (Å²) >= 11 is 1.19. The van der Waals surface area contributed by atoms with E-state index < -0.39 is 16.8 Å². The lowest BCUT2D eigenvalue weighted by atomic mass is 9.94. The van der Waals surface area contributed by atoms with E-state index in [-0.39, 0.29) is 23.8 Å². The number of thiophene rings is 1. The molecular formula is C20H20N4O6S. The maximum absolute atomic E-state index is 12.5. The van der Waals surface area contributed by atoms with Gasteiger partial charge in [0.05, 0.1) is 27.7 Å². The second-order valence-electron chi connectivity index (χ2n) is 6.64. The molecule has 0 unspecified atom stereocenters. The molecule has 11 heteroatoms. The van der Waals surface area contributed by atoms with Crippen molar-refractivity contribution in [2.45, 2.75) is 33.1 Å². The van der Waals surface area contributed by atoms with Crippen LogP contribution in [0.25, 0.3) is 0 Å². The lowest BCUT2D eigenvalue weighted by Crippen LogP contribution is -2.22. The van der Waals surface area contributed by atoms with Crippen molar-refractivity contribution < 1.29 is 24.0 Å². The average Bonchev–Trinajstić information content (AvgIpc) is 3.09. The van der Waals surface area contributed by atoms with Crippen molar-refractivity contribution in [1.82, 2.24) is 5.43 Å². The molecule has 0 aliphatic heterocycles. The number of nitro benzene ring substituents is 1. The topological polar surface area (TPSA) is 140 Å². The fourth-order valence-electron chi connectivity index (χ4n) is 3.26. The van der Waals surface area contributed by atoms with E-state index >= 15 is 0 Å². The van der Waals surface area contributed by atoms with Gasteiger partial charge in [-0.05, 0) is 37.8 Å². The molecule has 3 rings (SSSR count). The summed E-state index contributed by atoms with van der Waals surface area (Å²) in [6.07, 6.45) is 1.80. The highest BCUT2D eigenvalue weighted by Gasteiger charge is 2.30. The maximum atomic E-state index is 12.5. The van der Waals surface area contributed by atoms with Crippen LogP contribution < -0.4 is 10.7 Å². The molecule has 162 valence electrons. The number of ether oxygens (including phenoxy) is 1. The Balaban J connectivity index is 1.95. The Kier molecular flexibility index (Phi) is 6.75. The number of nitrogens with zero attached hydrogens (tertiary/aromatic N) is 2. The number of amides is 2. The van der Waals surface area contributed by atoms with Crippen LogP contribution >= 0.6 is 11.3 Å². The molecule has 0 spiro atoms. The van der Waals surface area contributed by atoms with Gasteiger partial charge >= 0.3 is 5.97 Å². The highest BCUT2D eigenvalue weighted by Crippen LogP contribution is 2.39. The van der Waals surface area contributed by atoms with E-state index in [1.54, 1.807) is 6.92 Å². The van der Waals surface area contributed by atoms with Crippen LogP contribution in [0.4, 0.5) is 10.7 Å². The van der Waals surface area contributed by atoms with E-state index in [9.17, 15) is 24.5 Å². The molecule has 1 aliphatic carbocycles. The molecule has 31 heavy (non-hydrogen) atoms. The molecule has 0 bridgehead atoms. The number of hydrazone groups is 1. The number of hydrogen-bond acceptors (Lipinski definition) is 8. The first-order valence-electron chi connectivity index (χ1n) is 9.54. The summed E-state index contributed by atoms with van der Waals surface area (Å²) in [6.45, 7) is 3.23. The first kappa shape index (κ1) is 22.1. The zero-order chi connectivity index (χ0) is 22.5. The van der Waals surface area contributed by atoms with E-state index in [1.165, 1.54) is 42.5 Å². The molecule has 1 aromatic heterocycles. The Labute approximate surface area is 181 Å². The van der Waals surface area contributed by atoms with Gasteiger partial charge in [0.2, 0.25) is 5.91 Å².